The molecule has 78 valence electrons. The second kappa shape index (κ2) is 4.71. The normalized spacial score (nSPS) is 20.6. The fraction of sp³-hybridized carbons (Fsp3) is 0.400. The highest BCUT2D eigenvalue weighted by atomic mass is 35.5. The van der Waals surface area contributed by atoms with Gasteiger partial charge in [0.2, 0.25) is 0 Å². The van der Waals surface area contributed by atoms with Crippen molar-refractivity contribution in [2.24, 2.45) is 0 Å². The summed E-state index contributed by atoms with van der Waals surface area (Å²) in [6.07, 6.45) is 0.817. The SMILES string of the molecule is Cl.Fc1cccc(F)c1C1CCNC1. The molecule has 0 spiro atoms. The molecule has 1 unspecified atom stereocenters. The Kier molecular flexibility index (Phi) is 3.84. The van der Waals surface area contributed by atoms with Crippen LogP contribution in [0, 0.1) is 11.6 Å². The van der Waals surface area contributed by atoms with E-state index in [1.165, 1.54) is 18.2 Å². The van der Waals surface area contributed by atoms with Gasteiger partial charge in [-0.3, -0.25) is 0 Å². The average molecular weight is 220 g/mol. The summed E-state index contributed by atoms with van der Waals surface area (Å²) < 4.78 is 26.5. The van der Waals surface area contributed by atoms with E-state index >= 15 is 0 Å². The Balaban J connectivity index is 0.000000980. The van der Waals surface area contributed by atoms with Crippen molar-refractivity contribution in [1.29, 1.82) is 0 Å². The predicted molar refractivity (Wildman–Crippen MR) is 53.8 cm³/mol. The Morgan fingerprint density at radius 3 is 2.36 bits per heavy atom. The van der Waals surface area contributed by atoms with Gasteiger partial charge in [0.15, 0.2) is 0 Å². The molecular formula is C10H12ClF2N. The maximum atomic E-state index is 13.2. The van der Waals surface area contributed by atoms with E-state index < -0.39 is 11.6 Å². The minimum atomic E-state index is -0.422. The van der Waals surface area contributed by atoms with Crippen LogP contribution < -0.4 is 5.32 Å². The summed E-state index contributed by atoms with van der Waals surface area (Å²) in [5.41, 5.74) is 0.243. The van der Waals surface area contributed by atoms with E-state index in [0.29, 0.717) is 6.54 Å². The molecule has 14 heavy (non-hydrogen) atoms. The van der Waals surface area contributed by atoms with E-state index in [1.54, 1.807) is 0 Å². The molecule has 1 N–H and O–H groups in total. The van der Waals surface area contributed by atoms with E-state index in [2.05, 4.69) is 5.32 Å². The largest absolute Gasteiger partial charge is 0.316 e. The van der Waals surface area contributed by atoms with Gasteiger partial charge in [0.25, 0.3) is 0 Å². The van der Waals surface area contributed by atoms with Crippen LogP contribution in [0.5, 0.6) is 0 Å². The summed E-state index contributed by atoms with van der Waals surface area (Å²) in [6.45, 7) is 1.52. The Morgan fingerprint density at radius 2 is 1.86 bits per heavy atom. The van der Waals surface area contributed by atoms with E-state index in [1.807, 2.05) is 0 Å². The first-order chi connectivity index (χ1) is 6.29. The van der Waals surface area contributed by atoms with Gasteiger partial charge in [-0.05, 0) is 25.1 Å². The molecule has 1 saturated heterocycles. The molecule has 1 nitrogen and oxygen atoms in total. The fourth-order valence-electron chi connectivity index (χ4n) is 1.80. The van der Waals surface area contributed by atoms with Gasteiger partial charge in [0.05, 0.1) is 0 Å². The first-order valence-corrected chi connectivity index (χ1v) is 4.43. The second-order valence-electron chi connectivity index (χ2n) is 3.33. The van der Waals surface area contributed by atoms with Gasteiger partial charge < -0.3 is 5.32 Å². The minimum Gasteiger partial charge on any atom is -0.316 e. The third-order valence-electron chi connectivity index (χ3n) is 2.47. The molecule has 0 aromatic heterocycles. The topological polar surface area (TPSA) is 12.0 Å². The Hall–Kier alpha value is -0.670. The third kappa shape index (κ3) is 2.04. The molecule has 1 aliphatic heterocycles. The van der Waals surface area contributed by atoms with E-state index in [4.69, 9.17) is 0 Å². The van der Waals surface area contributed by atoms with Crippen molar-refractivity contribution in [2.45, 2.75) is 12.3 Å². The third-order valence-corrected chi connectivity index (χ3v) is 2.47. The number of nitrogens with one attached hydrogen (secondary N) is 1. The summed E-state index contributed by atoms with van der Waals surface area (Å²) in [6, 6.07) is 4.03. The van der Waals surface area contributed by atoms with E-state index in [9.17, 15) is 8.78 Å². The first kappa shape index (κ1) is 11.4. The number of halogens is 3. The van der Waals surface area contributed by atoms with Crippen molar-refractivity contribution >= 4 is 12.4 Å². The van der Waals surface area contributed by atoms with Crippen molar-refractivity contribution in [1.82, 2.24) is 5.32 Å². The van der Waals surface area contributed by atoms with Crippen LogP contribution in [0.15, 0.2) is 18.2 Å². The maximum absolute atomic E-state index is 13.2. The molecule has 0 aliphatic carbocycles. The van der Waals surface area contributed by atoms with Crippen LogP contribution in [0.4, 0.5) is 8.78 Å². The van der Waals surface area contributed by atoms with Crippen molar-refractivity contribution < 1.29 is 8.78 Å². The van der Waals surface area contributed by atoms with Crippen LogP contribution in [-0.2, 0) is 0 Å². The Morgan fingerprint density at radius 1 is 1.21 bits per heavy atom. The van der Waals surface area contributed by atoms with Crippen molar-refractivity contribution in [3.8, 4) is 0 Å². The monoisotopic (exact) mass is 219 g/mol. The van der Waals surface area contributed by atoms with E-state index in [0.717, 1.165) is 13.0 Å². The Labute approximate surface area is 87.9 Å². The lowest BCUT2D eigenvalue weighted by atomic mass is 9.97. The second-order valence-corrected chi connectivity index (χ2v) is 3.33. The molecule has 0 amide bonds. The lowest BCUT2D eigenvalue weighted by molar-refractivity contribution is 0.532. The number of benzene rings is 1. The molecule has 1 fully saturated rings. The van der Waals surface area contributed by atoms with Gasteiger partial charge in [-0.2, -0.15) is 0 Å². The molecule has 0 bridgehead atoms. The molecule has 1 aromatic carbocycles. The quantitative estimate of drug-likeness (QED) is 0.765. The van der Waals surface area contributed by atoms with Gasteiger partial charge in [0.1, 0.15) is 11.6 Å². The van der Waals surface area contributed by atoms with Crippen LogP contribution in [0.25, 0.3) is 0 Å². The molecule has 0 saturated carbocycles. The molecule has 1 aliphatic rings. The summed E-state index contributed by atoms with van der Waals surface area (Å²) >= 11 is 0. The van der Waals surface area contributed by atoms with Gasteiger partial charge in [-0.25, -0.2) is 8.78 Å². The van der Waals surface area contributed by atoms with Crippen LogP contribution in [0.3, 0.4) is 0 Å². The molecule has 0 radical (unpaired) electrons. The molecule has 1 aromatic rings. The molecule has 1 atom stereocenters. The molecule has 1 heterocycles. The van der Waals surface area contributed by atoms with Crippen molar-refractivity contribution in [2.75, 3.05) is 13.1 Å². The highest BCUT2D eigenvalue weighted by molar-refractivity contribution is 5.85. The Bertz CT molecular complexity index is 291. The smallest absolute Gasteiger partial charge is 0.129 e. The summed E-state index contributed by atoms with van der Waals surface area (Å²) in [7, 11) is 0. The summed E-state index contributed by atoms with van der Waals surface area (Å²) in [5, 5.41) is 3.09. The van der Waals surface area contributed by atoms with Crippen LogP contribution in [-0.4, -0.2) is 13.1 Å². The van der Waals surface area contributed by atoms with Crippen LogP contribution in [0.1, 0.15) is 17.9 Å². The zero-order chi connectivity index (χ0) is 9.26. The maximum Gasteiger partial charge on any atom is 0.129 e. The van der Waals surface area contributed by atoms with Gasteiger partial charge in [-0.15, -0.1) is 12.4 Å². The van der Waals surface area contributed by atoms with Gasteiger partial charge in [-0.1, -0.05) is 6.07 Å². The summed E-state index contributed by atoms with van der Waals surface area (Å²) in [5.74, 6) is -0.844. The number of rotatable bonds is 1. The van der Waals surface area contributed by atoms with Gasteiger partial charge in [0, 0.05) is 18.0 Å². The highest BCUT2D eigenvalue weighted by Crippen LogP contribution is 2.26. The van der Waals surface area contributed by atoms with E-state index in [-0.39, 0.29) is 23.9 Å². The summed E-state index contributed by atoms with van der Waals surface area (Å²) in [4.78, 5) is 0. The standard InChI is InChI=1S/C10H11F2N.ClH/c11-8-2-1-3-9(12)10(8)7-4-5-13-6-7;/h1-3,7,13H,4-6H2;1H. The predicted octanol–water partition coefficient (Wildman–Crippen LogP) is 2.46. The lowest BCUT2D eigenvalue weighted by Crippen LogP contribution is -2.10. The molecule has 4 heteroatoms. The minimum absolute atomic E-state index is 0. The zero-order valence-corrected chi connectivity index (χ0v) is 8.41. The van der Waals surface area contributed by atoms with Crippen molar-refractivity contribution in [3.63, 3.8) is 0 Å². The lowest BCUT2D eigenvalue weighted by Gasteiger charge is -2.10. The zero-order valence-electron chi connectivity index (χ0n) is 7.59. The van der Waals surface area contributed by atoms with Crippen molar-refractivity contribution in [3.05, 3.63) is 35.4 Å². The molecule has 2 rings (SSSR count). The number of hydrogen-bond acceptors (Lipinski definition) is 1. The van der Waals surface area contributed by atoms with Crippen LogP contribution in [0.2, 0.25) is 0 Å². The molecular weight excluding hydrogens is 208 g/mol. The first-order valence-electron chi connectivity index (χ1n) is 4.43. The number of hydrogen-bond donors (Lipinski definition) is 1. The van der Waals surface area contributed by atoms with Crippen LogP contribution >= 0.6 is 12.4 Å². The van der Waals surface area contributed by atoms with Gasteiger partial charge >= 0.3 is 0 Å². The fourth-order valence-corrected chi connectivity index (χ4v) is 1.80. The highest BCUT2D eigenvalue weighted by Gasteiger charge is 2.22. The average Bonchev–Trinajstić information content (AvgIpc) is 2.57.